The molecule has 102 valence electrons. The van der Waals surface area contributed by atoms with E-state index < -0.39 is 11.0 Å². The van der Waals surface area contributed by atoms with E-state index in [-0.39, 0.29) is 0 Å². The van der Waals surface area contributed by atoms with Crippen LogP contribution in [0, 0.1) is 20.8 Å². The normalized spacial score (nSPS) is 12.8. The number of rotatable bonds is 2. The molecule has 0 radical (unpaired) electrons. The molecule has 3 heteroatoms. The largest absolute Gasteiger partial charge is 0.262 e. The number of benzene rings is 2. The average molecular weight is 283 g/mol. The smallest absolute Gasteiger partial charge is 0.157 e. The van der Waals surface area contributed by atoms with Gasteiger partial charge in [-0.05, 0) is 55.7 Å². The van der Waals surface area contributed by atoms with E-state index in [1.165, 1.54) is 16.5 Å². The second-order valence-corrected chi connectivity index (χ2v) is 6.46. The second-order valence-electron chi connectivity index (χ2n) is 5.10. The summed E-state index contributed by atoms with van der Waals surface area (Å²) in [5.74, 6) is 0. The average Bonchev–Trinajstić information content (AvgIpc) is 2.90. The van der Waals surface area contributed by atoms with Gasteiger partial charge in [-0.3, -0.25) is 3.97 Å². The van der Waals surface area contributed by atoms with E-state index in [1.807, 2.05) is 40.5 Å². The van der Waals surface area contributed by atoms with Gasteiger partial charge in [0.15, 0.2) is 11.0 Å². The van der Waals surface area contributed by atoms with Crippen LogP contribution in [0.5, 0.6) is 0 Å². The van der Waals surface area contributed by atoms with Gasteiger partial charge in [-0.2, -0.15) is 0 Å². The van der Waals surface area contributed by atoms with Gasteiger partial charge in [0.25, 0.3) is 0 Å². The monoisotopic (exact) mass is 283 g/mol. The highest BCUT2D eigenvalue weighted by Crippen LogP contribution is 2.28. The van der Waals surface area contributed by atoms with Crippen molar-refractivity contribution in [2.45, 2.75) is 25.7 Å². The quantitative estimate of drug-likeness (QED) is 0.693. The predicted octanol–water partition coefficient (Wildman–Crippen LogP) is 4.14. The van der Waals surface area contributed by atoms with Crippen molar-refractivity contribution >= 4 is 21.9 Å². The van der Waals surface area contributed by atoms with Crippen LogP contribution in [0.2, 0.25) is 0 Å². The SMILES string of the molecule is Cc1cc(C)c2c(ccn2S(=O)c2ccccc2)c1C. The summed E-state index contributed by atoms with van der Waals surface area (Å²) in [5, 5.41) is 1.19. The van der Waals surface area contributed by atoms with Crippen LogP contribution in [0.15, 0.2) is 53.6 Å². The molecule has 1 unspecified atom stereocenters. The minimum Gasteiger partial charge on any atom is -0.262 e. The Hall–Kier alpha value is -1.87. The first-order chi connectivity index (χ1) is 9.59. The van der Waals surface area contributed by atoms with E-state index in [2.05, 4.69) is 32.9 Å². The molecule has 0 saturated carbocycles. The van der Waals surface area contributed by atoms with Crippen LogP contribution in [0.1, 0.15) is 16.7 Å². The van der Waals surface area contributed by atoms with Crippen molar-refractivity contribution in [3.05, 3.63) is 65.4 Å². The number of hydrogen-bond acceptors (Lipinski definition) is 1. The standard InChI is InChI=1S/C17H17NOS/c1-12-11-13(2)17-16(14(12)3)9-10-18(17)20(19)15-7-5-4-6-8-15/h4-11H,1-3H3. The van der Waals surface area contributed by atoms with E-state index in [0.29, 0.717) is 0 Å². The summed E-state index contributed by atoms with van der Waals surface area (Å²) in [4.78, 5) is 0.822. The minimum absolute atomic E-state index is 0.822. The van der Waals surface area contributed by atoms with Crippen LogP contribution < -0.4 is 0 Å². The van der Waals surface area contributed by atoms with Crippen molar-refractivity contribution < 1.29 is 4.21 Å². The van der Waals surface area contributed by atoms with Crippen molar-refractivity contribution in [1.29, 1.82) is 0 Å². The maximum atomic E-state index is 12.7. The fourth-order valence-corrected chi connectivity index (χ4v) is 3.80. The molecule has 0 fully saturated rings. The molecule has 0 aliphatic carbocycles. The Morgan fingerprint density at radius 3 is 2.35 bits per heavy atom. The van der Waals surface area contributed by atoms with Gasteiger partial charge < -0.3 is 0 Å². The van der Waals surface area contributed by atoms with Crippen LogP contribution in [0.25, 0.3) is 10.9 Å². The Morgan fingerprint density at radius 2 is 1.65 bits per heavy atom. The molecule has 0 bridgehead atoms. The lowest BCUT2D eigenvalue weighted by Gasteiger charge is -2.10. The van der Waals surface area contributed by atoms with Crippen LogP contribution in [-0.2, 0) is 11.0 Å². The molecule has 1 aromatic heterocycles. The first-order valence-electron chi connectivity index (χ1n) is 6.65. The van der Waals surface area contributed by atoms with E-state index >= 15 is 0 Å². The zero-order chi connectivity index (χ0) is 14.3. The summed E-state index contributed by atoms with van der Waals surface area (Å²) in [6.07, 6.45) is 1.92. The number of aryl methyl sites for hydroxylation is 3. The van der Waals surface area contributed by atoms with E-state index in [4.69, 9.17) is 0 Å². The lowest BCUT2D eigenvalue weighted by molar-refractivity contribution is 0.678. The molecule has 0 spiro atoms. The van der Waals surface area contributed by atoms with Crippen LogP contribution >= 0.6 is 0 Å². The molecule has 0 saturated heterocycles. The van der Waals surface area contributed by atoms with E-state index in [0.717, 1.165) is 16.0 Å². The minimum atomic E-state index is -1.20. The summed E-state index contributed by atoms with van der Waals surface area (Å²) in [5.41, 5.74) is 4.76. The van der Waals surface area contributed by atoms with Gasteiger partial charge in [0, 0.05) is 11.6 Å². The molecule has 0 aliphatic heterocycles. The van der Waals surface area contributed by atoms with Gasteiger partial charge >= 0.3 is 0 Å². The lowest BCUT2D eigenvalue weighted by Crippen LogP contribution is -2.04. The van der Waals surface area contributed by atoms with Gasteiger partial charge in [-0.15, -0.1) is 0 Å². The zero-order valence-electron chi connectivity index (χ0n) is 11.9. The first-order valence-corrected chi connectivity index (χ1v) is 7.75. The number of fused-ring (bicyclic) bond motifs is 1. The fraction of sp³-hybridized carbons (Fsp3) is 0.176. The number of hydrogen-bond donors (Lipinski definition) is 0. The van der Waals surface area contributed by atoms with E-state index in [1.54, 1.807) is 0 Å². The summed E-state index contributed by atoms with van der Waals surface area (Å²) in [7, 11) is -1.20. The van der Waals surface area contributed by atoms with Gasteiger partial charge in [0.2, 0.25) is 0 Å². The first kappa shape index (κ1) is 13.1. The van der Waals surface area contributed by atoms with Crippen molar-refractivity contribution in [2.75, 3.05) is 0 Å². The molecular weight excluding hydrogens is 266 g/mol. The lowest BCUT2D eigenvalue weighted by atomic mass is 10.0. The van der Waals surface area contributed by atoms with Gasteiger partial charge in [0.1, 0.15) is 0 Å². The molecule has 3 aromatic rings. The Morgan fingerprint density at radius 1 is 0.950 bits per heavy atom. The molecule has 1 atom stereocenters. The van der Waals surface area contributed by atoms with Crippen molar-refractivity contribution in [3.8, 4) is 0 Å². The highest BCUT2D eigenvalue weighted by Gasteiger charge is 2.13. The molecule has 2 nitrogen and oxygen atoms in total. The van der Waals surface area contributed by atoms with Crippen molar-refractivity contribution in [1.82, 2.24) is 3.97 Å². The molecule has 0 amide bonds. The fourth-order valence-electron chi connectivity index (χ4n) is 2.61. The van der Waals surface area contributed by atoms with E-state index in [9.17, 15) is 4.21 Å². The second kappa shape index (κ2) is 4.91. The molecule has 0 N–H and O–H groups in total. The molecular formula is C17H17NOS. The maximum Gasteiger partial charge on any atom is 0.157 e. The van der Waals surface area contributed by atoms with Crippen LogP contribution in [0.4, 0.5) is 0 Å². The summed E-state index contributed by atoms with van der Waals surface area (Å²) in [6.45, 7) is 6.31. The Labute approximate surface area is 121 Å². The maximum absolute atomic E-state index is 12.7. The van der Waals surface area contributed by atoms with Gasteiger partial charge in [-0.25, -0.2) is 4.21 Å². The Kier molecular flexibility index (Phi) is 3.22. The van der Waals surface area contributed by atoms with Crippen LogP contribution in [0.3, 0.4) is 0 Å². The molecule has 3 rings (SSSR count). The van der Waals surface area contributed by atoms with Crippen LogP contribution in [-0.4, -0.2) is 8.18 Å². The van der Waals surface area contributed by atoms with Gasteiger partial charge in [-0.1, -0.05) is 24.3 Å². The van der Waals surface area contributed by atoms with Crippen molar-refractivity contribution in [2.24, 2.45) is 0 Å². The third-order valence-electron chi connectivity index (χ3n) is 3.78. The van der Waals surface area contributed by atoms with Gasteiger partial charge in [0.05, 0.1) is 10.4 Å². The summed E-state index contributed by atoms with van der Waals surface area (Å²) < 4.78 is 14.6. The molecule has 20 heavy (non-hydrogen) atoms. The zero-order valence-corrected chi connectivity index (χ0v) is 12.7. The number of nitrogens with zero attached hydrogens (tertiary/aromatic N) is 1. The topological polar surface area (TPSA) is 22.0 Å². The third-order valence-corrected chi connectivity index (χ3v) is 5.11. The summed E-state index contributed by atoms with van der Waals surface area (Å²) in [6, 6.07) is 13.8. The summed E-state index contributed by atoms with van der Waals surface area (Å²) >= 11 is 0. The predicted molar refractivity (Wildman–Crippen MR) is 84.4 cm³/mol. The van der Waals surface area contributed by atoms with Crippen molar-refractivity contribution in [3.63, 3.8) is 0 Å². The molecule has 0 aliphatic rings. The molecule has 2 aromatic carbocycles. The highest BCUT2D eigenvalue weighted by molar-refractivity contribution is 7.83. The number of aromatic nitrogens is 1. The third kappa shape index (κ3) is 1.98. The Bertz CT molecular complexity index is 803. The highest BCUT2D eigenvalue weighted by atomic mass is 32.2. The Balaban J connectivity index is 2.24. The molecule has 1 heterocycles.